The highest BCUT2D eigenvalue weighted by atomic mass is 16.4. The number of carboxylic acid groups (broad SMARTS) is 1. The molecule has 1 heterocycles. The van der Waals surface area contributed by atoms with Crippen LogP contribution in [0.4, 0.5) is 10.5 Å². The summed E-state index contributed by atoms with van der Waals surface area (Å²) in [6.07, 6.45) is 3.02. The Morgan fingerprint density at radius 1 is 1.00 bits per heavy atom. The number of carbonyl (C=O) groups excluding carboxylic acids is 2. The monoisotopic (exact) mass is 387 g/mol. The van der Waals surface area contributed by atoms with Gasteiger partial charge in [-0.3, -0.25) is 9.59 Å². The van der Waals surface area contributed by atoms with Crippen molar-refractivity contribution in [1.82, 2.24) is 10.6 Å². The first kappa shape index (κ1) is 20.2. The molecule has 1 aliphatic heterocycles. The minimum Gasteiger partial charge on any atom is -0.481 e. The Morgan fingerprint density at radius 2 is 1.61 bits per heavy atom. The van der Waals surface area contributed by atoms with Crippen molar-refractivity contribution in [3.05, 3.63) is 28.8 Å². The fraction of sp³-hybridized carbons (Fsp3) is 0.571. The molecule has 28 heavy (non-hydrogen) atoms. The average molecular weight is 387 g/mol. The predicted molar refractivity (Wildman–Crippen MR) is 106 cm³/mol. The maximum atomic E-state index is 12.9. The number of hydrogen-bond donors (Lipinski definition) is 3. The Morgan fingerprint density at radius 3 is 2.18 bits per heavy atom. The van der Waals surface area contributed by atoms with Crippen LogP contribution in [0.2, 0.25) is 0 Å². The molecule has 1 saturated heterocycles. The van der Waals surface area contributed by atoms with Gasteiger partial charge >= 0.3 is 12.0 Å². The van der Waals surface area contributed by atoms with Gasteiger partial charge < -0.3 is 20.6 Å². The van der Waals surface area contributed by atoms with Gasteiger partial charge in [-0.25, -0.2) is 4.79 Å². The molecule has 1 atom stereocenters. The number of amides is 3. The van der Waals surface area contributed by atoms with Gasteiger partial charge in [0.15, 0.2) is 0 Å². The Labute approximate surface area is 165 Å². The molecule has 3 rings (SSSR count). The summed E-state index contributed by atoms with van der Waals surface area (Å²) in [7, 11) is 0. The van der Waals surface area contributed by atoms with Gasteiger partial charge in [0.25, 0.3) is 0 Å². The molecular formula is C21H29N3O4. The molecule has 7 nitrogen and oxygen atoms in total. The third-order valence-electron chi connectivity index (χ3n) is 5.83. The number of carboxylic acids is 1. The zero-order valence-corrected chi connectivity index (χ0v) is 16.7. The van der Waals surface area contributed by atoms with Crippen molar-refractivity contribution >= 4 is 23.6 Å². The third-order valence-corrected chi connectivity index (χ3v) is 5.83. The molecule has 1 unspecified atom stereocenters. The van der Waals surface area contributed by atoms with Crippen molar-refractivity contribution < 1.29 is 19.5 Å². The van der Waals surface area contributed by atoms with Crippen LogP contribution in [0, 0.1) is 26.7 Å². The molecule has 7 heteroatoms. The number of anilines is 1. The number of urea groups is 1. The Kier molecular flexibility index (Phi) is 5.91. The first-order valence-corrected chi connectivity index (χ1v) is 9.95. The fourth-order valence-corrected chi connectivity index (χ4v) is 4.50. The highest BCUT2D eigenvalue weighted by Crippen LogP contribution is 2.30. The van der Waals surface area contributed by atoms with Crippen LogP contribution in [0.15, 0.2) is 12.1 Å². The van der Waals surface area contributed by atoms with Crippen LogP contribution >= 0.6 is 0 Å². The largest absolute Gasteiger partial charge is 0.481 e. The summed E-state index contributed by atoms with van der Waals surface area (Å²) >= 11 is 0. The van der Waals surface area contributed by atoms with E-state index in [9.17, 15) is 14.4 Å². The van der Waals surface area contributed by atoms with E-state index in [1.54, 1.807) is 4.90 Å². The van der Waals surface area contributed by atoms with Crippen molar-refractivity contribution in [2.45, 2.75) is 65.0 Å². The summed E-state index contributed by atoms with van der Waals surface area (Å²) in [5, 5.41) is 14.8. The summed E-state index contributed by atoms with van der Waals surface area (Å²) < 4.78 is 0. The third kappa shape index (κ3) is 4.29. The van der Waals surface area contributed by atoms with Crippen LogP contribution in [0.1, 0.15) is 48.8 Å². The smallest absolute Gasteiger partial charge is 0.315 e. The van der Waals surface area contributed by atoms with Crippen LogP contribution in [0.25, 0.3) is 0 Å². The lowest BCUT2D eigenvalue weighted by molar-refractivity contribution is -0.142. The molecule has 3 amide bonds. The van der Waals surface area contributed by atoms with E-state index in [0.29, 0.717) is 38.6 Å². The first-order chi connectivity index (χ1) is 13.3. The maximum absolute atomic E-state index is 12.9. The minimum absolute atomic E-state index is 0.0372. The first-order valence-electron chi connectivity index (χ1n) is 9.95. The van der Waals surface area contributed by atoms with E-state index in [1.807, 2.05) is 20.8 Å². The number of carbonyl (C=O) groups is 3. The molecule has 152 valence electrons. The molecule has 1 aromatic carbocycles. The summed E-state index contributed by atoms with van der Waals surface area (Å²) in [6, 6.07) is 3.21. The lowest BCUT2D eigenvalue weighted by Gasteiger charge is -2.27. The second-order valence-electron chi connectivity index (χ2n) is 8.08. The molecule has 0 aromatic heterocycles. The van der Waals surface area contributed by atoms with Crippen LogP contribution in [0.3, 0.4) is 0 Å². The van der Waals surface area contributed by atoms with Gasteiger partial charge in [-0.15, -0.1) is 0 Å². The molecular weight excluding hydrogens is 358 g/mol. The van der Waals surface area contributed by atoms with Crippen LogP contribution < -0.4 is 15.5 Å². The van der Waals surface area contributed by atoms with Gasteiger partial charge in [0, 0.05) is 18.3 Å². The van der Waals surface area contributed by atoms with Crippen molar-refractivity contribution in [2.24, 2.45) is 5.92 Å². The van der Waals surface area contributed by atoms with E-state index < -0.39 is 12.0 Å². The van der Waals surface area contributed by atoms with Gasteiger partial charge in [-0.1, -0.05) is 17.7 Å². The number of benzene rings is 1. The van der Waals surface area contributed by atoms with E-state index in [-0.39, 0.29) is 23.9 Å². The average Bonchev–Trinajstić information content (AvgIpc) is 2.95. The summed E-state index contributed by atoms with van der Waals surface area (Å²) in [5.41, 5.74) is 4.22. The van der Waals surface area contributed by atoms with Crippen molar-refractivity contribution in [2.75, 3.05) is 11.4 Å². The van der Waals surface area contributed by atoms with Crippen LogP contribution in [0.5, 0.6) is 0 Å². The number of aryl methyl sites for hydroxylation is 3. The molecule has 0 radical (unpaired) electrons. The number of nitrogens with one attached hydrogen (secondary N) is 2. The van der Waals surface area contributed by atoms with E-state index >= 15 is 0 Å². The zero-order chi connectivity index (χ0) is 20.4. The zero-order valence-electron chi connectivity index (χ0n) is 16.7. The van der Waals surface area contributed by atoms with Gasteiger partial charge in [0.1, 0.15) is 6.04 Å². The molecule has 2 fully saturated rings. The standard InChI is InChI=1S/C21H29N3O4/c1-12-10-13(2)18(14(3)11-12)24-9-8-17(19(24)25)23-21(28)22-16-6-4-15(5-7-16)20(26)27/h10-11,15-17H,4-9H2,1-3H3,(H,26,27)(H2,22,23,28). The van der Waals surface area contributed by atoms with Crippen LogP contribution in [-0.4, -0.2) is 41.6 Å². The lowest BCUT2D eigenvalue weighted by atomic mass is 9.86. The van der Waals surface area contributed by atoms with E-state index in [0.717, 1.165) is 22.4 Å². The van der Waals surface area contributed by atoms with E-state index in [2.05, 4.69) is 22.8 Å². The van der Waals surface area contributed by atoms with Gasteiger partial charge in [-0.2, -0.15) is 0 Å². The topological polar surface area (TPSA) is 98.7 Å². The number of hydrogen-bond acceptors (Lipinski definition) is 3. The molecule has 3 N–H and O–H groups in total. The second kappa shape index (κ2) is 8.20. The van der Waals surface area contributed by atoms with E-state index in [1.165, 1.54) is 0 Å². The summed E-state index contributed by atoms with van der Waals surface area (Å²) in [6.45, 7) is 6.62. The normalized spacial score (nSPS) is 24.9. The second-order valence-corrected chi connectivity index (χ2v) is 8.08. The van der Waals surface area contributed by atoms with Gasteiger partial charge in [0.05, 0.1) is 5.92 Å². The number of nitrogens with zero attached hydrogens (tertiary/aromatic N) is 1. The minimum atomic E-state index is -0.763. The van der Waals surface area contributed by atoms with Crippen molar-refractivity contribution in [3.8, 4) is 0 Å². The van der Waals surface area contributed by atoms with Gasteiger partial charge in [0.2, 0.25) is 5.91 Å². The van der Waals surface area contributed by atoms with Crippen molar-refractivity contribution in [1.29, 1.82) is 0 Å². The maximum Gasteiger partial charge on any atom is 0.315 e. The summed E-state index contributed by atoms with van der Waals surface area (Å²) in [5.74, 6) is -1.16. The quantitative estimate of drug-likeness (QED) is 0.740. The van der Waals surface area contributed by atoms with Gasteiger partial charge in [-0.05, 0) is 64.0 Å². The van der Waals surface area contributed by atoms with Crippen LogP contribution in [-0.2, 0) is 9.59 Å². The van der Waals surface area contributed by atoms with Crippen molar-refractivity contribution in [3.63, 3.8) is 0 Å². The number of aliphatic carboxylic acids is 1. The predicted octanol–water partition coefficient (Wildman–Crippen LogP) is 2.66. The Bertz CT molecular complexity index is 761. The molecule has 2 aliphatic rings. The Balaban J connectivity index is 1.56. The highest BCUT2D eigenvalue weighted by Gasteiger charge is 2.35. The number of rotatable bonds is 4. The SMILES string of the molecule is Cc1cc(C)c(N2CCC(NC(=O)NC3CCC(C(=O)O)CC3)C2=O)c(C)c1. The molecule has 1 aliphatic carbocycles. The molecule has 0 spiro atoms. The molecule has 1 saturated carbocycles. The van der Waals surface area contributed by atoms with E-state index in [4.69, 9.17) is 5.11 Å². The molecule has 1 aromatic rings. The molecule has 0 bridgehead atoms. The summed E-state index contributed by atoms with van der Waals surface area (Å²) in [4.78, 5) is 38.0. The fourth-order valence-electron chi connectivity index (χ4n) is 4.50. The Hall–Kier alpha value is -2.57. The lowest BCUT2D eigenvalue weighted by Crippen LogP contribution is -2.49. The highest BCUT2D eigenvalue weighted by molar-refractivity contribution is 6.02.